The molecule has 0 radical (unpaired) electrons. The van der Waals surface area contributed by atoms with E-state index in [0.29, 0.717) is 0 Å². The molecule has 0 unspecified atom stereocenters. The lowest BCUT2D eigenvalue weighted by Gasteiger charge is -2.02. The van der Waals surface area contributed by atoms with Gasteiger partial charge in [-0.1, -0.05) is 6.07 Å². The zero-order valence-electron chi connectivity index (χ0n) is 7.70. The van der Waals surface area contributed by atoms with Gasteiger partial charge in [-0.2, -0.15) is 0 Å². The largest absolute Gasteiger partial charge is 0.481 e. The third-order valence-corrected chi connectivity index (χ3v) is 2.52. The first-order valence-corrected chi connectivity index (χ1v) is 4.99. The van der Waals surface area contributed by atoms with Crippen LogP contribution in [0.4, 0.5) is 0 Å². The number of carboxylic acids is 1. The van der Waals surface area contributed by atoms with Gasteiger partial charge in [-0.3, -0.25) is 4.79 Å². The molecule has 0 aliphatic rings. The highest BCUT2D eigenvalue weighted by Crippen LogP contribution is 2.20. The first-order chi connectivity index (χ1) is 6.08. The van der Waals surface area contributed by atoms with E-state index in [2.05, 4.69) is 6.07 Å². The predicted molar refractivity (Wildman–Crippen MR) is 54.3 cm³/mol. The van der Waals surface area contributed by atoms with Crippen molar-refractivity contribution in [3.63, 3.8) is 0 Å². The molecule has 0 atom stereocenters. The van der Waals surface area contributed by atoms with Gasteiger partial charge >= 0.3 is 5.97 Å². The van der Waals surface area contributed by atoms with Gasteiger partial charge in [-0.15, -0.1) is 11.8 Å². The van der Waals surface area contributed by atoms with Crippen molar-refractivity contribution in [1.82, 2.24) is 0 Å². The van der Waals surface area contributed by atoms with Crippen LogP contribution in [0, 0.1) is 13.8 Å². The zero-order valence-corrected chi connectivity index (χ0v) is 8.52. The molecule has 1 N–H and O–H groups in total. The normalized spacial score (nSPS) is 10.0. The van der Waals surface area contributed by atoms with Crippen LogP contribution in [-0.2, 0) is 4.79 Å². The van der Waals surface area contributed by atoms with Crippen molar-refractivity contribution >= 4 is 17.7 Å². The molecule has 0 aliphatic carbocycles. The van der Waals surface area contributed by atoms with E-state index in [-0.39, 0.29) is 5.75 Å². The zero-order chi connectivity index (χ0) is 9.84. The monoisotopic (exact) mass is 196 g/mol. The molecule has 0 fully saturated rings. The second-order valence-electron chi connectivity index (χ2n) is 3.01. The minimum atomic E-state index is -0.774. The third-order valence-electron chi connectivity index (χ3n) is 1.56. The smallest absolute Gasteiger partial charge is 0.313 e. The Labute approximate surface area is 82.0 Å². The number of aryl methyl sites for hydroxylation is 2. The fourth-order valence-corrected chi connectivity index (χ4v) is 1.99. The lowest BCUT2D eigenvalue weighted by atomic mass is 10.2. The van der Waals surface area contributed by atoms with Crippen molar-refractivity contribution in [2.45, 2.75) is 18.7 Å². The van der Waals surface area contributed by atoms with Crippen LogP contribution in [0.2, 0.25) is 0 Å². The number of rotatable bonds is 3. The van der Waals surface area contributed by atoms with Crippen molar-refractivity contribution in [2.75, 3.05) is 5.75 Å². The summed E-state index contributed by atoms with van der Waals surface area (Å²) in [5.74, 6) is -0.646. The molecule has 0 aromatic heterocycles. The highest BCUT2D eigenvalue weighted by Gasteiger charge is 2.00. The highest BCUT2D eigenvalue weighted by molar-refractivity contribution is 8.00. The van der Waals surface area contributed by atoms with Crippen LogP contribution in [-0.4, -0.2) is 16.8 Å². The molecular weight excluding hydrogens is 184 g/mol. The van der Waals surface area contributed by atoms with Crippen LogP contribution in [0.1, 0.15) is 11.1 Å². The van der Waals surface area contributed by atoms with E-state index in [4.69, 9.17) is 5.11 Å². The molecule has 1 aromatic carbocycles. The van der Waals surface area contributed by atoms with Gasteiger partial charge in [0.05, 0.1) is 5.75 Å². The summed E-state index contributed by atoms with van der Waals surface area (Å²) in [6.07, 6.45) is 0. The van der Waals surface area contributed by atoms with E-state index < -0.39 is 5.97 Å². The average molecular weight is 196 g/mol. The summed E-state index contributed by atoms with van der Waals surface area (Å²) in [5.41, 5.74) is 2.35. The maximum Gasteiger partial charge on any atom is 0.313 e. The quantitative estimate of drug-likeness (QED) is 0.755. The lowest BCUT2D eigenvalue weighted by Crippen LogP contribution is -1.97. The summed E-state index contributed by atoms with van der Waals surface area (Å²) in [6, 6.07) is 6.08. The van der Waals surface area contributed by atoms with E-state index in [1.165, 1.54) is 22.9 Å². The lowest BCUT2D eigenvalue weighted by molar-refractivity contribution is -0.133. The Morgan fingerprint density at radius 3 is 2.31 bits per heavy atom. The number of aliphatic carboxylic acids is 1. The Balaban J connectivity index is 2.71. The summed E-state index contributed by atoms with van der Waals surface area (Å²) < 4.78 is 0. The van der Waals surface area contributed by atoms with Crippen molar-refractivity contribution in [3.8, 4) is 0 Å². The molecule has 1 aromatic rings. The Kier molecular flexibility index (Phi) is 3.37. The molecule has 13 heavy (non-hydrogen) atoms. The third kappa shape index (κ3) is 3.51. The van der Waals surface area contributed by atoms with Gasteiger partial charge in [0, 0.05) is 4.90 Å². The summed E-state index contributed by atoms with van der Waals surface area (Å²) in [7, 11) is 0. The first-order valence-electron chi connectivity index (χ1n) is 4.01. The molecule has 0 amide bonds. The van der Waals surface area contributed by atoms with E-state index in [0.717, 1.165) is 4.90 Å². The van der Waals surface area contributed by atoms with Crippen molar-refractivity contribution in [3.05, 3.63) is 29.3 Å². The topological polar surface area (TPSA) is 37.3 Å². The van der Waals surface area contributed by atoms with Crippen LogP contribution < -0.4 is 0 Å². The molecule has 0 saturated heterocycles. The van der Waals surface area contributed by atoms with Crippen molar-refractivity contribution < 1.29 is 9.90 Å². The minimum absolute atomic E-state index is 0.128. The van der Waals surface area contributed by atoms with Crippen LogP contribution in [0.5, 0.6) is 0 Å². The van der Waals surface area contributed by atoms with Gasteiger partial charge in [0.15, 0.2) is 0 Å². The van der Waals surface area contributed by atoms with E-state index in [1.54, 1.807) is 0 Å². The van der Waals surface area contributed by atoms with Crippen LogP contribution in [0.3, 0.4) is 0 Å². The second kappa shape index (κ2) is 4.33. The predicted octanol–water partition coefficient (Wildman–Crippen LogP) is 2.48. The molecule has 70 valence electrons. The molecule has 0 bridgehead atoms. The van der Waals surface area contributed by atoms with Crippen molar-refractivity contribution in [1.29, 1.82) is 0 Å². The maximum absolute atomic E-state index is 10.3. The number of benzene rings is 1. The van der Waals surface area contributed by atoms with Gasteiger partial charge in [0.1, 0.15) is 0 Å². The molecular formula is C10H12O2S. The summed E-state index contributed by atoms with van der Waals surface area (Å²) in [6.45, 7) is 4.02. The number of carboxylic acid groups (broad SMARTS) is 1. The second-order valence-corrected chi connectivity index (χ2v) is 4.05. The van der Waals surface area contributed by atoms with Gasteiger partial charge < -0.3 is 5.11 Å². The molecule has 0 saturated carbocycles. The maximum atomic E-state index is 10.3. The number of carbonyl (C=O) groups is 1. The Morgan fingerprint density at radius 2 is 1.85 bits per heavy atom. The summed E-state index contributed by atoms with van der Waals surface area (Å²) >= 11 is 1.36. The summed E-state index contributed by atoms with van der Waals surface area (Å²) in [5, 5.41) is 8.49. The van der Waals surface area contributed by atoms with Crippen LogP contribution in [0.15, 0.2) is 23.1 Å². The minimum Gasteiger partial charge on any atom is -0.481 e. The summed E-state index contributed by atoms with van der Waals surface area (Å²) in [4.78, 5) is 11.3. The van der Waals surface area contributed by atoms with Gasteiger partial charge in [0.25, 0.3) is 0 Å². The van der Waals surface area contributed by atoms with Crippen LogP contribution in [0.25, 0.3) is 0 Å². The first kappa shape index (κ1) is 10.1. The molecule has 1 rings (SSSR count). The van der Waals surface area contributed by atoms with E-state index in [9.17, 15) is 4.79 Å². The molecule has 2 nitrogen and oxygen atoms in total. The Hall–Kier alpha value is -0.960. The SMILES string of the molecule is Cc1cc(C)cc(SCC(=O)O)c1. The van der Waals surface area contributed by atoms with Gasteiger partial charge in [0.2, 0.25) is 0 Å². The molecule has 0 heterocycles. The highest BCUT2D eigenvalue weighted by atomic mass is 32.2. The molecule has 3 heteroatoms. The standard InChI is InChI=1S/C10H12O2S/c1-7-3-8(2)5-9(4-7)13-6-10(11)12/h3-5H,6H2,1-2H3,(H,11,12). The van der Waals surface area contributed by atoms with Crippen molar-refractivity contribution in [2.24, 2.45) is 0 Å². The Bertz CT molecular complexity index is 300. The van der Waals surface area contributed by atoms with E-state index in [1.807, 2.05) is 26.0 Å². The fourth-order valence-electron chi connectivity index (χ4n) is 1.16. The molecule has 0 aliphatic heterocycles. The fraction of sp³-hybridized carbons (Fsp3) is 0.300. The van der Waals surface area contributed by atoms with Gasteiger partial charge in [-0.05, 0) is 37.1 Å². The number of thioether (sulfide) groups is 1. The number of hydrogen-bond donors (Lipinski definition) is 1. The van der Waals surface area contributed by atoms with Crippen LogP contribution >= 0.6 is 11.8 Å². The van der Waals surface area contributed by atoms with E-state index >= 15 is 0 Å². The van der Waals surface area contributed by atoms with Gasteiger partial charge in [-0.25, -0.2) is 0 Å². The average Bonchev–Trinajstić information content (AvgIpc) is 1.99. The number of hydrogen-bond acceptors (Lipinski definition) is 2. The Morgan fingerprint density at radius 1 is 1.31 bits per heavy atom. The molecule has 0 spiro atoms.